The van der Waals surface area contributed by atoms with E-state index in [9.17, 15) is 4.79 Å². The molecule has 3 nitrogen and oxygen atoms in total. The highest BCUT2D eigenvalue weighted by Gasteiger charge is 2.31. The number of cyclic esters (lactones) is 2. The molecule has 0 aliphatic carbocycles. The highest BCUT2D eigenvalue weighted by atomic mass is 16.8. The van der Waals surface area contributed by atoms with Crippen LogP contribution in [0.5, 0.6) is 0 Å². The Bertz CT molecular complexity index is 228. The quantitative estimate of drug-likeness (QED) is 0.388. The van der Waals surface area contributed by atoms with E-state index in [4.69, 9.17) is 9.47 Å². The molecule has 0 radical (unpaired) electrons. The van der Waals surface area contributed by atoms with Gasteiger partial charge in [-0.1, -0.05) is 65.2 Å². The van der Waals surface area contributed by atoms with Crippen molar-refractivity contribution < 1.29 is 14.3 Å². The van der Waals surface area contributed by atoms with Crippen LogP contribution in [0.3, 0.4) is 0 Å². The summed E-state index contributed by atoms with van der Waals surface area (Å²) in [6.07, 6.45) is 12.1. The van der Waals surface area contributed by atoms with E-state index >= 15 is 0 Å². The molecule has 0 spiro atoms. The van der Waals surface area contributed by atoms with Crippen molar-refractivity contribution in [3.63, 3.8) is 0 Å². The number of hydrogen-bond donors (Lipinski definition) is 0. The summed E-state index contributed by atoms with van der Waals surface area (Å²) in [6.45, 7) is 4.93. The summed E-state index contributed by atoms with van der Waals surface area (Å²) in [5.74, 6) is 0.500. The minimum atomic E-state index is -0.475. The number of hydrogen-bond acceptors (Lipinski definition) is 3. The third kappa shape index (κ3) is 6.84. The molecule has 1 unspecified atom stereocenters. The smallest absolute Gasteiger partial charge is 0.430 e. The molecule has 3 heteroatoms. The van der Waals surface area contributed by atoms with Gasteiger partial charge in [-0.3, -0.25) is 0 Å². The molecule has 0 bridgehead atoms. The second-order valence-electron chi connectivity index (χ2n) is 5.68. The van der Waals surface area contributed by atoms with Gasteiger partial charge in [0.1, 0.15) is 12.7 Å². The van der Waals surface area contributed by atoms with Gasteiger partial charge >= 0.3 is 6.16 Å². The lowest BCUT2D eigenvalue weighted by Crippen LogP contribution is -2.23. The van der Waals surface area contributed by atoms with Gasteiger partial charge in [0, 0.05) is 0 Å². The minimum absolute atomic E-state index is 0.00996. The van der Waals surface area contributed by atoms with Gasteiger partial charge in [-0.05, 0) is 18.8 Å². The molecule has 0 saturated carbocycles. The third-order valence-corrected chi connectivity index (χ3v) is 4.00. The zero-order valence-electron chi connectivity index (χ0n) is 12.7. The minimum Gasteiger partial charge on any atom is -0.430 e. The lowest BCUT2D eigenvalue weighted by Gasteiger charge is -2.20. The number of carbonyl (C=O) groups excluding carboxylic acids is 1. The van der Waals surface area contributed by atoms with Crippen molar-refractivity contribution in [2.45, 2.75) is 84.2 Å². The van der Waals surface area contributed by atoms with Crippen LogP contribution in [-0.4, -0.2) is 18.9 Å². The predicted octanol–water partition coefficient (Wildman–Crippen LogP) is 5.08. The Hall–Kier alpha value is -0.730. The summed E-state index contributed by atoms with van der Waals surface area (Å²) in [6, 6.07) is 0. The van der Waals surface area contributed by atoms with Gasteiger partial charge in [-0.25, -0.2) is 4.79 Å². The number of ether oxygens (including phenoxy) is 2. The van der Waals surface area contributed by atoms with Gasteiger partial charge in [-0.15, -0.1) is 0 Å². The van der Waals surface area contributed by atoms with Gasteiger partial charge < -0.3 is 9.47 Å². The van der Waals surface area contributed by atoms with E-state index in [-0.39, 0.29) is 6.10 Å². The summed E-state index contributed by atoms with van der Waals surface area (Å²) in [5, 5.41) is 0. The van der Waals surface area contributed by atoms with Crippen molar-refractivity contribution in [2.24, 2.45) is 5.92 Å². The fraction of sp³-hybridized carbons (Fsp3) is 0.938. The molecule has 1 saturated heterocycles. The molecule has 1 aliphatic rings. The highest BCUT2D eigenvalue weighted by molar-refractivity contribution is 5.61. The lowest BCUT2D eigenvalue weighted by atomic mass is 9.90. The molecular weight excluding hydrogens is 240 g/mol. The molecule has 0 aromatic heterocycles. The lowest BCUT2D eigenvalue weighted by molar-refractivity contribution is 0.0909. The Morgan fingerprint density at radius 3 is 2.00 bits per heavy atom. The summed E-state index contributed by atoms with van der Waals surface area (Å²) in [4.78, 5) is 11.1. The van der Waals surface area contributed by atoms with Crippen molar-refractivity contribution in [1.82, 2.24) is 0 Å². The first kappa shape index (κ1) is 16.3. The average Bonchev–Trinajstić information content (AvgIpc) is 2.83. The van der Waals surface area contributed by atoms with Crippen LogP contribution < -0.4 is 0 Å². The van der Waals surface area contributed by atoms with Crippen molar-refractivity contribution in [2.75, 3.05) is 6.61 Å². The molecule has 0 N–H and O–H groups in total. The molecule has 1 heterocycles. The first-order valence-corrected chi connectivity index (χ1v) is 8.11. The highest BCUT2D eigenvalue weighted by Crippen LogP contribution is 2.26. The van der Waals surface area contributed by atoms with Gasteiger partial charge in [0.05, 0.1) is 0 Å². The van der Waals surface area contributed by atoms with Crippen molar-refractivity contribution >= 4 is 6.16 Å². The van der Waals surface area contributed by atoms with Crippen LogP contribution in [0, 0.1) is 5.92 Å². The molecule has 0 amide bonds. The Morgan fingerprint density at radius 1 is 1.00 bits per heavy atom. The molecule has 1 fully saturated rings. The molecule has 1 aliphatic heterocycles. The standard InChI is InChI=1S/C16H30O3/c1-3-5-7-9-11-14(12-10-8-6-4-2)15-13-18-16(17)19-15/h14-15H,3-13H2,1-2H3. The molecule has 1 atom stereocenters. The Kier molecular flexibility index (Phi) is 8.68. The zero-order chi connectivity index (χ0) is 13.9. The van der Waals surface area contributed by atoms with Crippen molar-refractivity contribution in [1.29, 1.82) is 0 Å². The van der Waals surface area contributed by atoms with E-state index in [1.807, 2.05) is 0 Å². The van der Waals surface area contributed by atoms with E-state index in [0.717, 1.165) is 0 Å². The first-order chi connectivity index (χ1) is 9.27. The van der Waals surface area contributed by atoms with Gasteiger partial charge in [0.2, 0.25) is 0 Å². The number of carbonyl (C=O) groups is 1. The summed E-state index contributed by atoms with van der Waals surface area (Å²) >= 11 is 0. The predicted molar refractivity (Wildman–Crippen MR) is 77.2 cm³/mol. The van der Waals surface area contributed by atoms with Crippen LogP contribution in [0.15, 0.2) is 0 Å². The Morgan fingerprint density at radius 2 is 1.58 bits per heavy atom. The first-order valence-electron chi connectivity index (χ1n) is 8.11. The Balaban J connectivity index is 2.27. The summed E-state index contributed by atoms with van der Waals surface area (Å²) in [5.41, 5.74) is 0. The van der Waals surface area contributed by atoms with Crippen LogP contribution in [0.2, 0.25) is 0 Å². The summed E-state index contributed by atoms with van der Waals surface area (Å²) in [7, 11) is 0. The average molecular weight is 270 g/mol. The second kappa shape index (κ2) is 10.1. The molecular formula is C16H30O3. The molecule has 19 heavy (non-hydrogen) atoms. The summed E-state index contributed by atoms with van der Waals surface area (Å²) < 4.78 is 10.2. The largest absolute Gasteiger partial charge is 0.508 e. The Labute approximate surface area is 118 Å². The van der Waals surface area contributed by atoms with Crippen LogP contribution in [0.1, 0.15) is 78.1 Å². The van der Waals surface area contributed by atoms with Crippen molar-refractivity contribution in [3.05, 3.63) is 0 Å². The number of rotatable bonds is 11. The van der Waals surface area contributed by atoms with Crippen LogP contribution >= 0.6 is 0 Å². The normalized spacial score (nSPS) is 18.7. The van der Waals surface area contributed by atoms with Gasteiger partial charge in [0.25, 0.3) is 0 Å². The molecule has 1 rings (SSSR count). The van der Waals surface area contributed by atoms with Crippen molar-refractivity contribution in [3.8, 4) is 0 Å². The van der Waals surface area contributed by atoms with Gasteiger partial charge in [-0.2, -0.15) is 0 Å². The fourth-order valence-corrected chi connectivity index (χ4v) is 2.76. The maximum Gasteiger partial charge on any atom is 0.508 e. The number of unbranched alkanes of at least 4 members (excludes halogenated alkanes) is 6. The van der Waals surface area contributed by atoms with E-state index in [2.05, 4.69) is 13.8 Å². The monoisotopic (exact) mass is 270 g/mol. The second-order valence-corrected chi connectivity index (χ2v) is 5.68. The fourth-order valence-electron chi connectivity index (χ4n) is 2.76. The molecule has 0 aromatic rings. The third-order valence-electron chi connectivity index (χ3n) is 4.00. The maximum absolute atomic E-state index is 11.1. The topological polar surface area (TPSA) is 35.5 Å². The van der Waals surface area contributed by atoms with Crippen LogP contribution in [-0.2, 0) is 9.47 Å². The van der Waals surface area contributed by atoms with Crippen LogP contribution in [0.25, 0.3) is 0 Å². The molecule has 112 valence electrons. The van der Waals surface area contributed by atoms with E-state index in [0.29, 0.717) is 12.5 Å². The van der Waals surface area contributed by atoms with Crippen LogP contribution in [0.4, 0.5) is 4.79 Å². The maximum atomic E-state index is 11.1. The molecule has 0 aromatic carbocycles. The van der Waals surface area contributed by atoms with Gasteiger partial charge in [0.15, 0.2) is 0 Å². The van der Waals surface area contributed by atoms with E-state index in [1.165, 1.54) is 64.2 Å². The zero-order valence-corrected chi connectivity index (χ0v) is 12.7. The van der Waals surface area contributed by atoms with E-state index < -0.39 is 6.16 Å². The van der Waals surface area contributed by atoms with E-state index in [1.54, 1.807) is 0 Å². The SMILES string of the molecule is CCCCCCC(CCCCCC)C1COC(=O)O1.